The highest BCUT2D eigenvalue weighted by Crippen LogP contribution is 2.29. The molecule has 0 aromatic heterocycles. The molecule has 0 saturated heterocycles. The van der Waals surface area contributed by atoms with Crippen molar-refractivity contribution in [1.29, 1.82) is 0 Å². The van der Waals surface area contributed by atoms with Gasteiger partial charge in [-0.2, -0.15) is 0 Å². The van der Waals surface area contributed by atoms with Crippen molar-refractivity contribution in [3.63, 3.8) is 0 Å². The molecule has 2 aromatic rings. The zero-order valence-corrected chi connectivity index (χ0v) is 10.9. The molecule has 2 N–H and O–H groups in total. The van der Waals surface area contributed by atoms with Crippen LogP contribution in [0.1, 0.15) is 11.1 Å². The normalized spacial score (nSPS) is 16.8. The summed E-state index contributed by atoms with van der Waals surface area (Å²) in [5.41, 5.74) is 8.79. The number of fused-ring (bicyclic) bond motifs is 1. The topological polar surface area (TPSA) is 44.5 Å². The third-order valence-electron chi connectivity index (χ3n) is 3.34. The number of hydrogen-bond acceptors (Lipinski definition) is 3. The van der Waals surface area contributed by atoms with E-state index in [1.807, 2.05) is 43.3 Å². The Hall–Kier alpha value is -2.16. The molecule has 3 rings (SSSR count). The van der Waals surface area contributed by atoms with E-state index in [4.69, 9.17) is 15.2 Å². The Morgan fingerprint density at radius 1 is 1.26 bits per heavy atom. The van der Waals surface area contributed by atoms with Gasteiger partial charge in [-0.25, -0.2) is 0 Å². The molecule has 19 heavy (non-hydrogen) atoms. The monoisotopic (exact) mass is 255 g/mol. The van der Waals surface area contributed by atoms with E-state index in [1.165, 1.54) is 5.56 Å². The summed E-state index contributed by atoms with van der Waals surface area (Å²) in [6, 6.07) is 13.8. The van der Waals surface area contributed by atoms with Crippen molar-refractivity contribution in [2.24, 2.45) is 0 Å². The zero-order valence-electron chi connectivity index (χ0n) is 10.9. The molecule has 0 radical (unpaired) electrons. The van der Waals surface area contributed by atoms with Gasteiger partial charge in [-0.3, -0.25) is 0 Å². The van der Waals surface area contributed by atoms with Gasteiger partial charge < -0.3 is 15.2 Å². The van der Waals surface area contributed by atoms with Gasteiger partial charge in [-0.05, 0) is 42.3 Å². The third-order valence-corrected chi connectivity index (χ3v) is 3.34. The van der Waals surface area contributed by atoms with E-state index in [2.05, 4.69) is 6.07 Å². The minimum Gasteiger partial charge on any atom is -0.489 e. The number of para-hydroxylation sites is 1. The van der Waals surface area contributed by atoms with Crippen molar-refractivity contribution in [3.8, 4) is 11.5 Å². The van der Waals surface area contributed by atoms with Crippen LogP contribution in [0.3, 0.4) is 0 Å². The van der Waals surface area contributed by atoms with Crippen LogP contribution in [-0.4, -0.2) is 12.7 Å². The molecule has 0 spiro atoms. The molecule has 3 heteroatoms. The third kappa shape index (κ3) is 2.50. The standard InChI is InChI=1S/C16H17NO2/c1-11-8-13(17)6-7-15(11)18-10-14-9-12-4-2-3-5-16(12)19-14/h2-8,14H,9-10,17H2,1H3. The number of anilines is 1. The quantitative estimate of drug-likeness (QED) is 0.858. The van der Waals surface area contributed by atoms with Gasteiger partial charge >= 0.3 is 0 Å². The van der Waals surface area contributed by atoms with Gasteiger partial charge in [0.2, 0.25) is 0 Å². The van der Waals surface area contributed by atoms with Crippen molar-refractivity contribution in [3.05, 3.63) is 53.6 Å². The summed E-state index contributed by atoms with van der Waals surface area (Å²) < 4.78 is 11.7. The molecule has 0 saturated carbocycles. The lowest BCUT2D eigenvalue weighted by Crippen LogP contribution is -2.22. The molecule has 0 fully saturated rings. The summed E-state index contributed by atoms with van der Waals surface area (Å²) in [7, 11) is 0. The molecule has 2 aromatic carbocycles. The first kappa shape index (κ1) is 11.9. The van der Waals surface area contributed by atoms with Crippen LogP contribution in [0, 0.1) is 6.92 Å². The van der Waals surface area contributed by atoms with Crippen LogP contribution >= 0.6 is 0 Å². The van der Waals surface area contributed by atoms with Gasteiger partial charge in [-0.1, -0.05) is 18.2 Å². The first-order valence-electron chi connectivity index (χ1n) is 6.46. The number of rotatable bonds is 3. The fraction of sp³-hybridized carbons (Fsp3) is 0.250. The van der Waals surface area contributed by atoms with Crippen molar-refractivity contribution in [2.75, 3.05) is 12.3 Å². The fourth-order valence-electron chi connectivity index (χ4n) is 2.36. The molecular weight excluding hydrogens is 238 g/mol. The SMILES string of the molecule is Cc1cc(N)ccc1OCC1Cc2ccccc2O1. The van der Waals surface area contributed by atoms with Crippen molar-refractivity contribution < 1.29 is 9.47 Å². The molecule has 1 atom stereocenters. The summed E-state index contributed by atoms with van der Waals surface area (Å²) in [5.74, 6) is 1.85. The average molecular weight is 255 g/mol. The van der Waals surface area contributed by atoms with Crippen LogP contribution in [0.25, 0.3) is 0 Å². The first-order valence-corrected chi connectivity index (χ1v) is 6.46. The van der Waals surface area contributed by atoms with Crippen LogP contribution < -0.4 is 15.2 Å². The molecule has 0 aliphatic carbocycles. The Bertz CT molecular complexity index is 570. The lowest BCUT2D eigenvalue weighted by atomic mass is 10.1. The molecular formula is C16H17NO2. The molecule has 1 unspecified atom stereocenters. The van der Waals surface area contributed by atoms with Gasteiger partial charge in [0.25, 0.3) is 0 Å². The van der Waals surface area contributed by atoms with E-state index >= 15 is 0 Å². The molecule has 1 heterocycles. The largest absolute Gasteiger partial charge is 0.489 e. The van der Waals surface area contributed by atoms with E-state index in [1.54, 1.807) is 0 Å². The minimum atomic E-state index is 0.0920. The maximum Gasteiger partial charge on any atom is 0.137 e. The Kier molecular flexibility index (Phi) is 3.03. The number of nitrogen functional groups attached to an aromatic ring is 1. The van der Waals surface area contributed by atoms with E-state index in [0.717, 1.165) is 29.2 Å². The molecule has 1 aliphatic rings. The zero-order chi connectivity index (χ0) is 13.2. The van der Waals surface area contributed by atoms with Crippen LogP contribution in [0.15, 0.2) is 42.5 Å². The number of nitrogens with two attached hydrogens (primary N) is 1. The van der Waals surface area contributed by atoms with Crippen LogP contribution in [0.2, 0.25) is 0 Å². The van der Waals surface area contributed by atoms with E-state index in [9.17, 15) is 0 Å². The van der Waals surface area contributed by atoms with Gasteiger partial charge in [0.15, 0.2) is 0 Å². The predicted octanol–water partition coefficient (Wildman–Crippen LogP) is 2.96. The van der Waals surface area contributed by atoms with Crippen LogP contribution in [-0.2, 0) is 6.42 Å². The highest BCUT2D eigenvalue weighted by molar-refractivity contribution is 5.47. The smallest absolute Gasteiger partial charge is 0.137 e. The lowest BCUT2D eigenvalue weighted by Gasteiger charge is -2.14. The van der Waals surface area contributed by atoms with Gasteiger partial charge in [0.1, 0.15) is 24.2 Å². The summed E-state index contributed by atoms with van der Waals surface area (Å²) in [5, 5.41) is 0. The summed E-state index contributed by atoms with van der Waals surface area (Å²) in [6.45, 7) is 2.55. The maximum absolute atomic E-state index is 5.84. The molecule has 3 nitrogen and oxygen atoms in total. The Labute approximate surface area is 113 Å². The van der Waals surface area contributed by atoms with Gasteiger partial charge in [-0.15, -0.1) is 0 Å². The Morgan fingerprint density at radius 2 is 2.11 bits per heavy atom. The second kappa shape index (κ2) is 4.84. The predicted molar refractivity (Wildman–Crippen MR) is 75.6 cm³/mol. The highest BCUT2D eigenvalue weighted by Gasteiger charge is 2.22. The maximum atomic E-state index is 5.84. The van der Waals surface area contributed by atoms with Crippen LogP contribution in [0.5, 0.6) is 11.5 Å². The fourth-order valence-corrected chi connectivity index (χ4v) is 2.36. The summed E-state index contributed by atoms with van der Waals surface area (Å²) >= 11 is 0. The average Bonchev–Trinajstić information content (AvgIpc) is 2.80. The van der Waals surface area contributed by atoms with Crippen molar-refractivity contribution in [1.82, 2.24) is 0 Å². The number of hydrogen-bond donors (Lipinski definition) is 1. The Balaban J connectivity index is 1.63. The van der Waals surface area contributed by atoms with Crippen LogP contribution in [0.4, 0.5) is 5.69 Å². The first-order chi connectivity index (χ1) is 9.22. The number of ether oxygens (including phenoxy) is 2. The van der Waals surface area contributed by atoms with Gasteiger partial charge in [0, 0.05) is 12.1 Å². The molecule has 1 aliphatic heterocycles. The van der Waals surface area contributed by atoms with Crippen molar-refractivity contribution >= 4 is 5.69 Å². The molecule has 0 amide bonds. The lowest BCUT2D eigenvalue weighted by molar-refractivity contribution is 0.148. The number of benzene rings is 2. The minimum absolute atomic E-state index is 0.0920. The molecule has 98 valence electrons. The Morgan fingerprint density at radius 3 is 2.89 bits per heavy atom. The number of aryl methyl sites for hydroxylation is 1. The second-order valence-electron chi connectivity index (χ2n) is 4.89. The summed E-state index contributed by atoms with van der Waals surface area (Å²) in [4.78, 5) is 0. The highest BCUT2D eigenvalue weighted by atomic mass is 16.5. The second-order valence-corrected chi connectivity index (χ2v) is 4.89. The summed E-state index contributed by atoms with van der Waals surface area (Å²) in [6.07, 6.45) is 0.999. The van der Waals surface area contributed by atoms with E-state index < -0.39 is 0 Å². The van der Waals surface area contributed by atoms with E-state index in [-0.39, 0.29) is 6.10 Å². The van der Waals surface area contributed by atoms with Gasteiger partial charge in [0.05, 0.1) is 0 Å². The van der Waals surface area contributed by atoms with Crippen molar-refractivity contribution in [2.45, 2.75) is 19.4 Å². The molecule has 0 bridgehead atoms. The van der Waals surface area contributed by atoms with E-state index in [0.29, 0.717) is 6.61 Å².